The van der Waals surface area contributed by atoms with Crippen LogP contribution in [-0.2, 0) is 0 Å². The molecule has 0 atom stereocenters. The minimum Gasteiger partial charge on any atom is -0.377 e. The number of hydrogen-bond donors (Lipinski definition) is 0. The van der Waals surface area contributed by atoms with E-state index in [9.17, 15) is 4.79 Å². The molecule has 0 aliphatic heterocycles. The van der Waals surface area contributed by atoms with Gasteiger partial charge in [0, 0.05) is 36.7 Å². The van der Waals surface area contributed by atoms with Gasteiger partial charge in [-0.3, -0.25) is 4.79 Å². The average Bonchev–Trinajstić information content (AvgIpc) is 2.36. The van der Waals surface area contributed by atoms with Crippen molar-refractivity contribution in [3.05, 3.63) is 42.0 Å². The van der Waals surface area contributed by atoms with Crippen LogP contribution in [0.15, 0.2) is 36.4 Å². The number of anilines is 1. The Morgan fingerprint density at radius 1 is 1.06 bits per heavy atom. The molecule has 0 aliphatic carbocycles. The molecular weight excluding hydrogens is 222 g/mol. The summed E-state index contributed by atoms with van der Waals surface area (Å²) in [6, 6.07) is 12.1. The van der Waals surface area contributed by atoms with Crippen LogP contribution in [0.5, 0.6) is 0 Å². The van der Waals surface area contributed by atoms with Gasteiger partial charge >= 0.3 is 0 Å². The second-order valence-corrected chi connectivity index (χ2v) is 5.09. The van der Waals surface area contributed by atoms with Gasteiger partial charge in [-0.15, -0.1) is 0 Å². The Morgan fingerprint density at radius 2 is 1.67 bits per heavy atom. The highest BCUT2D eigenvalue weighted by molar-refractivity contribution is 6.13. The van der Waals surface area contributed by atoms with E-state index in [1.54, 1.807) is 0 Å². The molecule has 18 heavy (non-hydrogen) atoms. The first kappa shape index (κ1) is 12.6. The van der Waals surface area contributed by atoms with Crippen LogP contribution in [0.25, 0.3) is 10.8 Å². The molecule has 0 fully saturated rings. The van der Waals surface area contributed by atoms with Gasteiger partial charge in [-0.1, -0.05) is 44.2 Å². The molecular formula is C16H19NO. The van der Waals surface area contributed by atoms with E-state index in [0.717, 1.165) is 22.0 Å². The van der Waals surface area contributed by atoms with Gasteiger partial charge in [-0.2, -0.15) is 0 Å². The van der Waals surface area contributed by atoms with Crippen LogP contribution < -0.4 is 4.90 Å². The number of carbonyl (C=O) groups excluding carboxylic acids is 1. The maximum absolute atomic E-state index is 12.3. The third kappa shape index (κ3) is 2.10. The molecule has 0 heterocycles. The normalized spacial score (nSPS) is 10.9. The first-order chi connectivity index (χ1) is 8.52. The molecule has 0 spiro atoms. The fraction of sp³-hybridized carbons (Fsp3) is 0.312. The van der Waals surface area contributed by atoms with Gasteiger partial charge in [-0.25, -0.2) is 0 Å². The number of rotatable bonds is 3. The van der Waals surface area contributed by atoms with Crippen molar-refractivity contribution >= 4 is 22.2 Å². The molecule has 94 valence electrons. The Balaban J connectivity index is 2.78. The molecule has 0 amide bonds. The quantitative estimate of drug-likeness (QED) is 0.763. The van der Waals surface area contributed by atoms with E-state index >= 15 is 0 Å². The summed E-state index contributed by atoms with van der Waals surface area (Å²) in [7, 11) is 4.01. The minimum atomic E-state index is 0.0193. The van der Waals surface area contributed by atoms with E-state index in [-0.39, 0.29) is 11.7 Å². The maximum atomic E-state index is 12.3. The minimum absolute atomic E-state index is 0.0193. The highest BCUT2D eigenvalue weighted by atomic mass is 16.1. The lowest BCUT2D eigenvalue weighted by atomic mass is 9.94. The molecule has 0 N–H and O–H groups in total. The van der Waals surface area contributed by atoms with Crippen molar-refractivity contribution in [3.63, 3.8) is 0 Å². The maximum Gasteiger partial charge on any atom is 0.166 e. The number of nitrogens with zero attached hydrogens (tertiary/aromatic N) is 1. The van der Waals surface area contributed by atoms with E-state index in [1.807, 2.05) is 46.1 Å². The summed E-state index contributed by atoms with van der Waals surface area (Å²) in [5.41, 5.74) is 1.92. The zero-order valence-electron chi connectivity index (χ0n) is 11.4. The van der Waals surface area contributed by atoms with E-state index in [2.05, 4.69) is 23.1 Å². The summed E-state index contributed by atoms with van der Waals surface area (Å²) in [4.78, 5) is 14.4. The first-order valence-electron chi connectivity index (χ1n) is 6.25. The second-order valence-electron chi connectivity index (χ2n) is 5.09. The third-order valence-electron chi connectivity index (χ3n) is 3.15. The van der Waals surface area contributed by atoms with Crippen molar-refractivity contribution in [1.82, 2.24) is 0 Å². The molecule has 0 aromatic heterocycles. The molecule has 2 aromatic carbocycles. The Kier molecular flexibility index (Phi) is 3.37. The number of carbonyl (C=O) groups is 1. The lowest BCUT2D eigenvalue weighted by molar-refractivity contribution is 0.0941. The molecule has 2 nitrogen and oxygen atoms in total. The molecule has 2 aromatic rings. The van der Waals surface area contributed by atoms with Crippen molar-refractivity contribution in [3.8, 4) is 0 Å². The average molecular weight is 241 g/mol. The molecule has 0 saturated heterocycles. The summed E-state index contributed by atoms with van der Waals surface area (Å²) < 4.78 is 0. The zero-order chi connectivity index (χ0) is 13.3. The van der Waals surface area contributed by atoms with Crippen molar-refractivity contribution in [2.45, 2.75) is 13.8 Å². The van der Waals surface area contributed by atoms with Crippen LogP contribution in [0.3, 0.4) is 0 Å². The van der Waals surface area contributed by atoms with Crippen molar-refractivity contribution in [2.24, 2.45) is 5.92 Å². The Bertz CT molecular complexity index is 579. The largest absolute Gasteiger partial charge is 0.377 e. The number of Topliss-reactive ketones (excluding diaryl/α,β-unsaturated/α-hetero) is 1. The molecule has 0 aliphatic rings. The van der Waals surface area contributed by atoms with E-state index in [4.69, 9.17) is 0 Å². The van der Waals surface area contributed by atoms with Crippen molar-refractivity contribution in [2.75, 3.05) is 19.0 Å². The van der Waals surface area contributed by atoms with Gasteiger partial charge in [0.25, 0.3) is 0 Å². The molecule has 0 radical (unpaired) electrons. The number of hydrogen-bond acceptors (Lipinski definition) is 2. The predicted molar refractivity (Wildman–Crippen MR) is 77.4 cm³/mol. The Hall–Kier alpha value is -1.83. The van der Waals surface area contributed by atoms with Gasteiger partial charge in [0.05, 0.1) is 0 Å². The van der Waals surface area contributed by atoms with Gasteiger partial charge in [0.2, 0.25) is 0 Å². The van der Waals surface area contributed by atoms with Crippen LogP contribution >= 0.6 is 0 Å². The molecule has 0 saturated carbocycles. The fourth-order valence-corrected chi connectivity index (χ4v) is 2.21. The van der Waals surface area contributed by atoms with Gasteiger partial charge < -0.3 is 4.90 Å². The summed E-state index contributed by atoms with van der Waals surface area (Å²) in [6.07, 6.45) is 0. The number of ketones is 1. The van der Waals surface area contributed by atoms with Gasteiger partial charge in [0.15, 0.2) is 5.78 Å². The Morgan fingerprint density at radius 3 is 2.22 bits per heavy atom. The topological polar surface area (TPSA) is 20.3 Å². The first-order valence-corrected chi connectivity index (χ1v) is 6.25. The predicted octanol–water partition coefficient (Wildman–Crippen LogP) is 3.74. The third-order valence-corrected chi connectivity index (χ3v) is 3.15. The molecule has 0 unspecified atom stereocenters. The SMILES string of the molecule is CC(C)C(=O)c1cccc2cccc(N(C)C)c12. The molecule has 2 rings (SSSR count). The van der Waals surface area contributed by atoms with Gasteiger partial charge in [-0.05, 0) is 11.5 Å². The smallest absolute Gasteiger partial charge is 0.166 e. The lowest BCUT2D eigenvalue weighted by Crippen LogP contribution is -2.13. The number of fused-ring (bicyclic) bond motifs is 1. The van der Waals surface area contributed by atoms with Gasteiger partial charge in [0.1, 0.15) is 0 Å². The molecule has 0 bridgehead atoms. The Labute approximate surface area is 108 Å². The lowest BCUT2D eigenvalue weighted by Gasteiger charge is -2.18. The number of benzene rings is 2. The van der Waals surface area contributed by atoms with Crippen LogP contribution in [0.2, 0.25) is 0 Å². The monoisotopic (exact) mass is 241 g/mol. The highest BCUT2D eigenvalue weighted by Gasteiger charge is 2.16. The summed E-state index contributed by atoms with van der Waals surface area (Å²) >= 11 is 0. The zero-order valence-corrected chi connectivity index (χ0v) is 11.4. The van der Waals surface area contributed by atoms with Crippen molar-refractivity contribution < 1.29 is 4.79 Å². The van der Waals surface area contributed by atoms with E-state index in [0.29, 0.717) is 0 Å². The van der Waals surface area contributed by atoms with Crippen LogP contribution in [0.1, 0.15) is 24.2 Å². The standard InChI is InChI=1S/C16H19NO/c1-11(2)16(18)13-9-5-7-12-8-6-10-14(15(12)13)17(3)4/h5-11H,1-4H3. The fourth-order valence-electron chi connectivity index (χ4n) is 2.21. The van der Waals surface area contributed by atoms with E-state index < -0.39 is 0 Å². The molecule has 2 heteroatoms. The van der Waals surface area contributed by atoms with Crippen LogP contribution in [-0.4, -0.2) is 19.9 Å². The summed E-state index contributed by atoms with van der Waals surface area (Å²) in [5, 5.41) is 2.18. The highest BCUT2D eigenvalue weighted by Crippen LogP contribution is 2.30. The second kappa shape index (κ2) is 4.81. The van der Waals surface area contributed by atoms with Crippen LogP contribution in [0, 0.1) is 5.92 Å². The summed E-state index contributed by atoms with van der Waals surface area (Å²) in [6.45, 7) is 3.89. The summed E-state index contributed by atoms with van der Waals surface area (Å²) in [5.74, 6) is 0.223. The van der Waals surface area contributed by atoms with E-state index in [1.165, 1.54) is 0 Å². The van der Waals surface area contributed by atoms with Crippen molar-refractivity contribution in [1.29, 1.82) is 0 Å². The van der Waals surface area contributed by atoms with Crippen LogP contribution in [0.4, 0.5) is 5.69 Å².